The SMILES string of the molecule is Cc1ccc(S(=O)(=O)N2C[C@@H](CO)[C@H](C)C2)cc1C(F)(F)F. The van der Waals surface area contributed by atoms with Crippen molar-refractivity contribution in [3.05, 3.63) is 29.3 Å². The lowest BCUT2D eigenvalue weighted by Crippen LogP contribution is -2.29. The van der Waals surface area contributed by atoms with E-state index in [1.165, 1.54) is 19.1 Å². The molecule has 8 heteroatoms. The quantitative estimate of drug-likeness (QED) is 0.920. The molecule has 0 unspecified atom stereocenters. The molecule has 0 bridgehead atoms. The zero-order valence-corrected chi connectivity index (χ0v) is 13.1. The molecular formula is C14H18F3NO3S. The zero-order valence-electron chi connectivity index (χ0n) is 12.3. The Kier molecular flexibility index (Phi) is 4.56. The summed E-state index contributed by atoms with van der Waals surface area (Å²) in [5.74, 6) is -0.227. The molecule has 4 nitrogen and oxygen atoms in total. The van der Waals surface area contributed by atoms with Gasteiger partial charge in [-0.05, 0) is 36.5 Å². The standard InChI is InChI=1S/C14H18F3NO3S/c1-9-3-4-12(5-13(9)14(15,16)17)22(20,21)18-6-10(2)11(7-18)8-19/h3-5,10-11,19H,6-8H2,1-2H3/t10-,11+/m1/s1. The third-order valence-corrected chi connectivity index (χ3v) is 5.95. The zero-order chi connectivity index (χ0) is 16.7. The molecule has 2 atom stereocenters. The lowest BCUT2D eigenvalue weighted by atomic mass is 10.00. The van der Waals surface area contributed by atoms with Crippen LogP contribution in [0.5, 0.6) is 0 Å². The summed E-state index contributed by atoms with van der Waals surface area (Å²) < 4.78 is 65.0. The number of sulfonamides is 1. The fourth-order valence-corrected chi connectivity index (χ4v) is 4.26. The summed E-state index contributed by atoms with van der Waals surface area (Å²) in [6, 6.07) is 3.04. The monoisotopic (exact) mass is 337 g/mol. The van der Waals surface area contributed by atoms with E-state index in [0.29, 0.717) is 6.07 Å². The highest BCUT2D eigenvalue weighted by Crippen LogP contribution is 2.35. The number of alkyl halides is 3. The van der Waals surface area contributed by atoms with E-state index in [9.17, 15) is 26.7 Å². The topological polar surface area (TPSA) is 57.6 Å². The van der Waals surface area contributed by atoms with Crippen molar-refractivity contribution in [1.29, 1.82) is 0 Å². The van der Waals surface area contributed by atoms with E-state index in [2.05, 4.69) is 0 Å². The van der Waals surface area contributed by atoms with Gasteiger partial charge in [0, 0.05) is 19.7 Å². The van der Waals surface area contributed by atoms with Crippen molar-refractivity contribution < 1.29 is 26.7 Å². The highest BCUT2D eigenvalue weighted by atomic mass is 32.2. The van der Waals surface area contributed by atoms with Crippen molar-refractivity contribution >= 4 is 10.0 Å². The largest absolute Gasteiger partial charge is 0.416 e. The Balaban J connectivity index is 2.39. The second-order valence-corrected chi connectivity index (χ2v) is 7.65. The van der Waals surface area contributed by atoms with Crippen LogP contribution in [-0.4, -0.2) is 37.5 Å². The summed E-state index contributed by atoms with van der Waals surface area (Å²) in [5.41, 5.74) is -0.964. The molecule has 0 radical (unpaired) electrons. The molecule has 1 fully saturated rings. The van der Waals surface area contributed by atoms with Gasteiger partial charge in [0.05, 0.1) is 10.5 Å². The fraction of sp³-hybridized carbons (Fsp3) is 0.571. The van der Waals surface area contributed by atoms with Crippen LogP contribution in [0.25, 0.3) is 0 Å². The molecule has 0 spiro atoms. The molecule has 1 aromatic rings. The number of rotatable bonds is 3. The van der Waals surface area contributed by atoms with Crippen LogP contribution >= 0.6 is 0 Å². The molecule has 1 aliphatic rings. The van der Waals surface area contributed by atoms with Gasteiger partial charge < -0.3 is 5.11 Å². The first-order chi connectivity index (χ1) is 10.1. The van der Waals surface area contributed by atoms with Gasteiger partial charge in [0.2, 0.25) is 10.0 Å². The highest BCUT2D eigenvalue weighted by molar-refractivity contribution is 7.89. The third kappa shape index (κ3) is 3.13. The van der Waals surface area contributed by atoms with E-state index in [1.807, 2.05) is 6.92 Å². The number of nitrogens with zero attached hydrogens (tertiary/aromatic N) is 1. The minimum absolute atomic E-state index is 0.0190. The maximum absolute atomic E-state index is 12.9. The number of hydrogen-bond donors (Lipinski definition) is 1. The second kappa shape index (κ2) is 5.82. The van der Waals surface area contributed by atoms with Crippen molar-refractivity contribution in [2.24, 2.45) is 11.8 Å². The van der Waals surface area contributed by atoms with Crippen molar-refractivity contribution in [2.75, 3.05) is 19.7 Å². The predicted molar refractivity (Wildman–Crippen MR) is 74.7 cm³/mol. The van der Waals surface area contributed by atoms with Crippen LogP contribution in [0.3, 0.4) is 0 Å². The highest BCUT2D eigenvalue weighted by Gasteiger charge is 2.38. The molecule has 2 rings (SSSR count). The Bertz CT molecular complexity index is 658. The number of benzene rings is 1. The van der Waals surface area contributed by atoms with Crippen molar-refractivity contribution in [1.82, 2.24) is 4.31 Å². The lowest BCUT2D eigenvalue weighted by Gasteiger charge is -2.18. The second-order valence-electron chi connectivity index (χ2n) is 5.72. The van der Waals surface area contributed by atoms with Crippen molar-refractivity contribution in [3.8, 4) is 0 Å². The van der Waals surface area contributed by atoms with E-state index in [-0.39, 0.29) is 42.0 Å². The Morgan fingerprint density at radius 1 is 1.32 bits per heavy atom. The maximum atomic E-state index is 12.9. The van der Waals surface area contributed by atoms with Gasteiger partial charge in [-0.3, -0.25) is 0 Å². The summed E-state index contributed by atoms with van der Waals surface area (Å²) >= 11 is 0. The van der Waals surface area contributed by atoms with Crippen LogP contribution in [0.15, 0.2) is 23.1 Å². The lowest BCUT2D eigenvalue weighted by molar-refractivity contribution is -0.138. The summed E-state index contributed by atoms with van der Waals surface area (Å²) in [5, 5.41) is 9.21. The van der Waals surface area contributed by atoms with Gasteiger partial charge in [-0.15, -0.1) is 0 Å². The molecule has 1 aliphatic heterocycles. The number of aliphatic hydroxyl groups is 1. The van der Waals surface area contributed by atoms with Gasteiger partial charge in [0.15, 0.2) is 0 Å². The maximum Gasteiger partial charge on any atom is 0.416 e. The minimum atomic E-state index is -4.60. The minimum Gasteiger partial charge on any atom is -0.396 e. The first-order valence-electron chi connectivity index (χ1n) is 6.86. The van der Waals surface area contributed by atoms with Crippen LogP contribution in [-0.2, 0) is 16.2 Å². The number of halogens is 3. The smallest absolute Gasteiger partial charge is 0.396 e. The third-order valence-electron chi connectivity index (χ3n) is 4.12. The van der Waals surface area contributed by atoms with E-state index in [1.54, 1.807) is 0 Å². The molecule has 0 amide bonds. The molecule has 1 saturated heterocycles. The molecule has 1 aromatic carbocycles. The van der Waals surface area contributed by atoms with Crippen molar-refractivity contribution in [3.63, 3.8) is 0 Å². The first-order valence-corrected chi connectivity index (χ1v) is 8.30. The number of aryl methyl sites for hydroxylation is 1. The summed E-state index contributed by atoms with van der Waals surface area (Å²) in [4.78, 5) is -0.365. The Morgan fingerprint density at radius 2 is 1.95 bits per heavy atom. The van der Waals surface area contributed by atoms with Crippen LogP contribution < -0.4 is 0 Å². The number of aliphatic hydroxyl groups excluding tert-OH is 1. The van der Waals surface area contributed by atoms with Crippen LogP contribution in [0.4, 0.5) is 13.2 Å². The Hall–Kier alpha value is -1.12. The predicted octanol–water partition coefficient (Wildman–Crippen LogP) is 2.26. The molecule has 0 aliphatic carbocycles. The van der Waals surface area contributed by atoms with E-state index in [4.69, 9.17) is 0 Å². The average Bonchev–Trinajstić information content (AvgIpc) is 2.79. The first kappa shape index (κ1) is 17.2. The van der Waals surface area contributed by atoms with Gasteiger partial charge in [-0.25, -0.2) is 8.42 Å². The van der Waals surface area contributed by atoms with Crippen LogP contribution in [0.1, 0.15) is 18.1 Å². The normalized spacial score (nSPS) is 23.9. The average molecular weight is 337 g/mol. The number of hydrogen-bond acceptors (Lipinski definition) is 3. The fourth-order valence-electron chi connectivity index (χ4n) is 2.64. The van der Waals surface area contributed by atoms with Crippen LogP contribution in [0.2, 0.25) is 0 Å². The molecule has 124 valence electrons. The van der Waals surface area contributed by atoms with E-state index in [0.717, 1.165) is 4.31 Å². The summed E-state index contributed by atoms with van der Waals surface area (Å²) in [6.07, 6.45) is -4.60. The van der Waals surface area contributed by atoms with Gasteiger partial charge in [0.1, 0.15) is 0 Å². The molecule has 0 saturated carbocycles. The summed E-state index contributed by atoms with van der Waals surface area (Å²) in [7, 11) is -3.99. The molecule has 0 aromatic heterocycles. The Labute approximate surface area is 127 Å². The molecule has 1 heterocycles. The van der Waals surface area contributed by atoms with E-state index >= 15 is 0 Å². The molecular weight excluding hydrogens is 319 g/mol. The van der Waals surface area contributed by atoms with Gasteiger partial charge in [-0.2, -0.15) is 17.5 Å². The Morgan fingerprint density at radius 3 is 2.45 bits per heavy atom. The summed E-state index contributed by atoms with van der Waals surface area (Å²) in [6.45, 7) is 3.28. The van der Waals surface area contributed by atoms with Crippen molar-refractivity contribution in [2.45, 2.75) is 24.9 Å². The van der Waals surface area contributed by atoms with E-state index < -0.39 is 21.8 Å². The molecule has 22 heavy (non-hydrogen) atoms. The van der Waals surface area contributed by atoms with Crippen LogP contribution in [0, 0.1) is 18.8 Å². The van der Waals surface area contributed by atoms with Gasteiger partial charge >= 0.3 is 6.18 Å². The van der Waals surface area contributed by atoms with Gasteiger partial charge in [-0.1, -0.05) is 13.0 Å². The molecule has 1 N–H and O–H groups in total. The van der Waals surface area contributed by atoms with Gasteiger partial charge in [0.25, 0.3) is 0 Å².